The van der Waals surface area contributed by atoms with Crippen molar-refractivity contribution in [1.29, 1.82) is 0 Å². The molecule has 0 aliphatic heterocycles. The molecular formula is C19H30OSe. The molecule has 21 heavy (non-hydrogen) atoms. The van der Waals surface area contributed by atoms with Crippen LogP contribution in [0, 0.1) is 17.8 Å². The van der Waals surface area contributed by atoms with E-state index in [9.17, 15) is 0 Å². The number of benzene rings is 1. The summed E-state index contributed by atoms with van der Waals surface area (Å²) >= 11 is 0.681. The zero-order valence-electron chi connectivity index (χ0n) is 13.9. The zero-order chi connectivity index (χ0) is 15.2. The fraction of sp³-hybridized carbons (Fsp3) is 0.684. The predicted octanol–water partition coefficient (Wildman–Crippen LogP) is 5.38. The molecule has 0 heterocycles. The molecule has 0 saturated heterocycles. The van der Waals surface area contributed by atoms with Crippen molar-refractivity contribution in [2.24, 2.45) is 17.8 Å². The average Bonchev–Trinajstić information content (AvgIpc) is 2.48. The molecule has 1 saturated carbocycles. The first-order valence-electron chi connectivity index (χ1n) is 8.31. The van der Waals surface area contributed by atoms with Crippen molar-refractivity contribution >= 4 is 15.0 Å². The van der Waals surface area contributed by atoms with Gasteiger partial charge in [0.2, 0.25) is 0 Å². The van der Waals surface area contributed by atoms with Crippen LogP contribution in [0.1, 0.15) is 51.7 Å². The Balaban J connectivity index is 1.95. The summed E-state index contributed by atoms with van der Waals surface area (Å²) in [6, 6.07) is 10.7. The van der Waals surface area contributed by atoms with E-state index >= 15 is 0 Å². The Bertz CT molecular complexity index is 403. The number of ether oxygens (including phenoxy) is 1. The van der Waals surface area contributed by atoms with Crippen molar-refractivity contribution in [1.82, 2.24) is 0 Å². The van der Waals surface area contributed by atoms with Gasteiger partial charge in [-0.2, -0.15) is 0 Å². The Labute approximate surface area is 137 Å². The monoisotopic (exact) mass is 354 g/mol. The van der Waals surface area contributed by atoms with Crippen molar-refractivity contribution in [3.8, 4) is 0 Å². The molecule has 4 atom stereocenters. The normalized spacial score (nSPS) is 27.8. The van der Waals surface area contributed by atoms with Gasteiger partial charge < -0.3 is 0 Å². The minimum atomic E-state index is 0.288. The molecule has 1 fully saturated rings. The van der Waals surface area contributed by atoms with Crippen molar-refractivity contribution in [2.45, 2.75) is 56.3 Å². The summed E-state index contributed by atoms with van der Waals surface area (Å²) in [6.45, 7) is 7.26. The van der Waals surface area contributed by atoms with Crippen LogP contribution >= 0.6 is 0 Å². The van der Waals surface area contributed by atoms with Crippen LogP contribution in [0.2, 0.25) is 10.1 Å². The van der Waals surface area contributed by atoms with E-state index in [4.69, 9.17) is 4.74 Å². The molecule has 2 heteroatoms. The van der Waals surface area contributed by atoms with Gasteiger partial charge >= 0.3 is 137 Å². The summed E-state index contributed by atoms with van der Waals surface area (Å²) in [4.78, 5) is 0.947. The van der Waals surface area contributed by atoms with E-state index in [1.807, 2.05) is 7.11 Å². The van der Waals surface area contributed by atoms with Crippen LogP contribution in [0.4, 0.5) is 0 Å². The molecule has 1 aliphatic rings. The molecule has 0 aromatic heterocycles. The van der Waals surface area contributed by atoms with Gasteiger partial charge in [0.25, 0.3) is 0 Å². The third kappa shape index (κ3) is 4.84. The van der Waals surface area contributed by atoms with Gasteiger partial charge in [0.1, 0.15) is 0 Å². The van der Waals surface area contributed by atoms with Crippen LogP contribution < -0.4 is 0 Å². The van der Waals surface area contributed by atoms with Gasteiger partial charge in [0.15, 0.2) is 0 Å². The zero-order valence-corrected chi connectivity index (χ0v) is 15.6. The Kier molecular flexibility index (Phi) is 6.79. The van der Waals surface area contributed by atoms with Crippen LogP contribution in [-0.4, -0.2) is 22.1 Å². The molecule has 0 N–H and O–H groups in total. The molecule has 118 valence electrons. The van der Waals surface area contributed by atoms with Crippen LogP contribution in [0.25, 0.3) is 0 Å². The van der Waals surface area contributed by atoms with E-state index < -0.39 is 0 Å². The molecule has 1 unspecified atom stereocenters. The van der Waals surface area contributed by atoms with Crippen LogP contribution in [0.5, 0.6) is 0 Å². The second-order valence-electron chi connectivity index (χ2n) is 6.83. The maximum absolute atomic E-state index is 5.77. The fourth-order valence-electron chi connectivity index (χ4n) is 3.49. The quantitative estimate of drug-likeness (QED) is 0.624. The molecule has 0 spiro atoms. The van der Waals surface area contributed by atoms with Crippen LogP contribution in [0.3, 0.4) is 0 Å². The van der Waals surface area contributed by atoms with E-state index in [1.165, 1.54) is 30.1 Å². The number of hydrogen-bond donors (Lipinski definition) is 0. The fourth-order valence-corrected chi connectivity index (χ4v) is 7.50. The standard InChI is InChI=1S/C19H30OSe/c1-14(2)17-11-10-15(3)12-19(17)21-13-18(20-4)16-8-6-5-7-9-16/h5-9,14-15,17-19H,10-13H2,1-4H3/t15-,17+,18?,19+/m1/s1. The van der Waals surface area contributed by atoms with Gasteiger partial charge in [-0.1, -0.05) is 0 Å². The molecule has 0 bridgehead atoms. The van der Waals surface area contributed by atoms with Crippen molar-refractivity contribution in [3.63, 3.8) is 0 Å². The van der Waals surface area contributed by atoms with E-state index in [1.54, 1.807) is 0 Å². The summed E-state index contributed by atoms with van der Waals surface area (Å²) in [7, 11) is 1.86. The molecule has 1 aromatic carbocycles. The molecular weight excluding hydrogens is 323 g/mol. The topological polar surface area (TPSA) is 9.23 Å². The molecule has 0 radical (unpaired) electrons. The summed E-state index contributed by atoms with van der Waals surface area (Å²) in [5.41, 5.74) is 1.34. The van der Waals surface area contributed by atoms with Crippen LogP contribution in [0.15, 0.2) is 30.3 Å². The van der Waals surface area contributed by atoms with E-state index in [2.05, 4.69) is 51.1 Å². The van der Waals surface area contributed by atoms with Gasteiger partial charge in [-0.25, -0.2) is 0 Å². The summed E-state index contributed by atoms with van der Waals surface area (Å²) in [5.74, 6) is 2.70. The molecule has 1 aliphatic carbocycles. The summed E-state index contributed by atoms with van der Waals surface area (Å²) in [5, 5.41) is 1.22. The van der Waals surface area contributed by atoms with Crippen molar-refractivity contribution in [2.75, 3.05) is 7.11 Å². The second-order valence-corrected chi connectivity index (χ2v) is 9.50. The van der Waals surface area contributed by atoms with E-state index in [0.717, 1.165) is 22.6 Å². The Morgan fingerprint density at radius 2 is 1.90 bits per heavy atom. The summed E-state index contributed by atoms with van der Waals surface area (Å²) < 4.78 is 5.77. The van der Waals surface area contributed by atoms with Crippen molar-refractivity contribution in [3.05, 3.63) is 35.9 Å². The second kappa shape index (κ2) is 8.36. The Morgan fingerprint density at radius 1 is 1.19 bits per heavy atom. The number of hydrogen-bond acceptors (Lipinski definition) is 1. The van der Waals surface area contributed by atoms with Gasteiger partial charge in [-0.15, -0.1) is 0 Å². The maximum atomic E-state index is 5.77. The summed E-state index contributed by atoms with van der Waals surface area (Å²) in [6.07, 6.45) is 4.60. The molecule has 0 amide bonds. The first kappa shape index (κ1) is 17.1. The molecule has 1 aromatic rings. The Hall–Kier alpha value is -0.301. The minimum absolute atomic E-state index is 0.288. The van der Waals surface area contributed by atoms with E-state index in [-0.39, 0.29) is 6.10 Å². The first-order valence-corrected chi connectivity index (χ1v) is 10.5. The number of methoxy groups -OCH3 is 1. The Morgan fingerprint density at radius 3 is 2.52 bits per heavy atom. The molecule has 2 rings (SSSR count). The van der Waals surface area contributed by atoms with Gasteiger partial charge in [0, 0.05) is 0 Å². The average molecular weight is 353 g/mol. The predicted molar refractivity (Wildman–Crippen MR) is 91.8 cm³/mol. The van der Waals surface area contributed by atoms with Crippen molar-refractivity contribution < 1.29 is 4.74 Å². The van der Waals surface area contributed by atoms with Gasteiger partial charge in [-0.3, -0.25) is 0 Å². The third-order valence-electron chi connectivity index (χ3n) is 4.88. The first-order chi connectivity index (χ1) is 10.1. The van der Waals surface area contributed by atoms with E-state index in [0.29, 0.717) is 15.0 Å². The van der Waals surface area contributed by atoms with Gasteiger partial charge in [0.05, 0.1) is 0 Å². The van der Waals surface area contributed by atoms with Crippen LogP contribution in [-0.2, 0) is 4.74 Å². The third-order valence-corrected chi connectivity index (χ3v) is 7.95. The number of rotatable bonds is 6. The van der Waals surface area contributed by atoms with Gasteiger partial charge in [-0.05, 0) is 0 Å². The SMILES string of the molecule is COC(C[Se][C@H]1C[C@H](C)CC[C@H]1C(C)C)c1ccccc1. The molecule has 1 nitrogen and oxygen atoms in total.